The van der Waals surface area contributed by atoms with Crippen LogP contribution in [-0.2, 0) is 9.53 Å². The zero-order valence-corrected chi connectivity index (χ0v) is 25.8. The maximum absolute atomic E-state index is 11.0. The molecule has 0 bridgehead atoms. The van der Waals surface area contributed by atoms with E-state index < -0.39 is 0 Å². The lowest BCUT2D eigenvalue weighted by Crippen LogP contribution is -2.10. The molecule has 0 radical (unpaired) electrons. The number of benzene rings is 6. The lowest BCUT2D eigenvalue weighted by atomic mass is 10.0. The van der Waals surface area contributed by atoms with E-state index in [-0.39, 0.29) is 5.97 Å². The highest BCUT2D eigenvalue weighted by atomic mass is 16.5. The van der Waals surface area contributed by atoms with Crippen LogP contribution in [0.5, 0.6) is 5.75 Å². The third kappa shape index (κ3) is 7.45. The quantitative estimate of drug-likeness (QED) is 0.103. The highest BCUT2D eigenvalue weighted by Gasteiger charge is 2.14. The predicted octanol–water partition coefficient (Wildman–Crippen LogP) is 10.6. The van der Waals surface area contributed by atoms with Crippen molar-refractivity contribution < 1.29 is 14.3 Å². The number of hydrogen-bond donors (Lipinski definition) is 0. The third-order valence-corrected chi connectivity index (χ3v) is 7.59. The van der Waals surface area contributed by atoms with E-state index in [2.05, 4.69) is 131 Å². The number of para-hydroxylation sites is 3. The van der Waals surface area contributed by atoms with Gasteiger partial charge in [-0.25, -0.2) is 0 Å². The maximum atomic E-state index is 11.0. The molecule has 0 unspecified atom stereocenters. The van der Waals surface area contributed by atoms with Gasteiger partial charge in [-0.05, 0) is 96.1 Å². The molecule has 0 N–H and O–H groups in total. The smallest absolute Gasteiger partial charge is 0.302 e. The zero-order chi connectivity index (χ0) is 31.6. The standard InChI is InChI=1S/C41H36N2O3/c1-32(44)45-30-11-31-46-41-28-26-40(27-29-41)43(37-16-9-4-10-17-37)39-24-20-34(21-25-39)33-18-22-38(23-19-33)42(35-12-5-2-6-13-35)36-14-7-3-8-15-36/h2-10,12-29H,11,30-31H2,1H3. The second-order valence-corrected chi connectivity index (χ2v) is 10.8. The van der Waals surface area contributed by atoms with E-state index in [1.165, 1.54) is 6.92 Å². The molecule has 5 nitrogen and oxygen atoms in total. The first-order valence-corrected chi connectivity index (χ1v) is 15.5. The average molecular weight is 605 g/mol. The topological polar surface area (TPSA) is 42.0 Å². The van der Waals surface area contributed by atoms with Crippen LogP contribution < -0.4 is 14.5 Å². The molecule has 0 fully saturated rings. The zero-order valence-electron chi connectivity index (χ0n) is 25.8. The Morgan fingerprint density at radius 3 is 1.17 bits per heavy atom. The van der Waals surface area contributed by atoms with Crippen LogP contribution in [-0.4, -0.2) is 19.2 Å². The van der Waals surface area contributed by atoms with Crippen LogP contribution in [0, 0.1) is 0 Å². The van der Waals surface area contributed by atoms with Gasteiger partial charge in [0.25, 0.3) is 0 Å². The van der Waals surface area contributed by atoms with Gasteiger partial charge >= 0.3 is 5.97 Å². The fourth-order valence-electron chi connectivity index (χ4n) is 5.39. The summed E-state index contributed by atoms with van der Waals surface area (Å²) in [4.78, 5) is 15.5. The van der Waals surface area contributed by atoms with E-state index in [4.69, 9.17) is 9.47 Å². The van der Waals surface area contributed by atoms with Gasteiger partial charge in [-0.2, -0.15) is 0 Å². The van der Waals surface area contributed by atoms with E-state index in [1.807, 2.05) is 42.5 Å². The van der Waals surface area contributed by atoms with Crippen molar-refractivity contribution in [2.24, 2.45) is 0 Å². The molecule has 0 aliphatic carbocycles. The minimum absolute atomic E-state index is 0.273. The molecule has 46 heavy (non-hydrogen) atoms. The van der Waals surface area contributed by atoms with Gasteiger partial charge in [0.2, 0.25) is 0 Å². The van der Waals surface area contributed by atoms with Crippen molar-refractivity contribution in [1.82, 2.24) is 0 Å². The number of hydrogen-bond acceptors (Lipinski definition) is 5. The molecule has 228 valence electrons. The number of esters is 1. The SMILES string of the molecule is CC(=O)OCCCOc1ccc(N(c2ccccc2)c2ccc(-c3ccc(N(c4ccccc4)c4ccccc4)cc3)cc2)cc1. The second kappa shape index (κ2) is 14.8. The Bertz CT molecular complexity index is 1770. The molecule has 0 spiro atoms. The lowest BCUT2D eigenvalue weighted by molar-refractivity contribution is -0.141. The molecule has 0 saturated heterocycles. The fourth-order valence-corrected chi connectivity index (χ4v) is 5.39. The molecule has 0 aliphatic heterocycles. The first kappa shape index (κ1) is 30.2. The Labute approximate surface area is 270 Å². The molecular formula is C41H36N2O3. The Morgan fingerprint density at radius 1 is 0.457 bits per heavy atom. The van der Waals surface area contributed by atoms with Crippen molar-refractivity contribution in [3.63, 3.8) is 0 Å². The molecule has 0 aromatic heterocycles. The molecule has 0 atom stereocenters. The highest BCUT2D eigenvalue weighted by Crippen LogP contribution is 2.38. The van der Waals surface area contributed by atoms with Crippen LogP contribution in [0.15, 0.2) is 164 Å². The Hall–Kier alpha value is -5.81. The molecule has 0 heterocycles. The minimum Gasteiger partial charge on any atom is -0.493 e. The Morgan fingerprint density at radius 2 is 0.804 bits per heavy atom. The van der Waals surface area contributed by atoms with Crippen LogP contribution >= 0.6 is 0 Å². The van der Waals surface area contributed by atoms with Gasteiger partial charge in [0.1, 0.15) is 5.75 Å². The van der Waals surface area contributed by atoms with Crippen molar-refractivity contribution >= 4 is 40.1 Å². The van der Waals surface area contributed by atoms with Crippen LogP contribution in [0.25, 0.3) is 11.1 Å². The summed E-state index contributed by atoms with van der Waals surface area (Å²) in [5, 5.41) is 0. The number of carbonyl (C=O) groups excluding carboxylic acids is 1. The molecule has 6 rings (SSSR count). The van der Waals surface area contributed by atoms with Gasteiger partial charge in [-0.15, -0.1) is 0 Å². The number of carbonyl (C=O) groups is 1. The van der Waals surface area contributed by atoms with Gasteiger partial charge in [-0.1, -0.05) is 78.9 Å². The molecule has 0 aliphatic rings. The molecule has 5 heteroatoms. The normalized spacial score (nSPS) is 10.6. The van der Waals surface area contributed by atoms with E-state index in [9.17, 15) is 4.79 Å². The third-order valence-electron chi connectivity index (χ3n) is 7.59. The summed E-state index contributed by atoms with van der Waals surface area (Å²) in [5.74, 6) is 0.502. The van der Waals surface area contributed by atoms with Crippen LogP contribution in [0.4, 0.5) is 34.1 Å². The number of rotatable bonds is 12. The first-order chi connectivity index (χ1) is 22.7. The van der Waals surface area contributed by atoms with Gasteiger partial charge < -0.3 is 19.3 Å². The summed E-state index contributed by atoms with van der Waals surface area (Å²) >= 11 is 0. The van der Waals surface area contributed by atoms with Gasteiger partial charge in [0.05, 0.1) is 13.2 Å². The van der Waals surface area contributed by atoms with Crippen molar-refractivity contribution in [3.05, 3.63) is 164 Å². The minimum atomic E-state index is -0.273. The Kier molecular flexibility index (Phi) is 9.71. The predicted molar refractivity (Wildman–Crippen MR) is 188 cm³/mol. The lowest BCUT2D eigenvalue weighted by Gasteiger charge is -2.26. The monoisotopic (exact) mass is 604 g/mol. The van der Waals surface area contributed by atoms with E-state index in [1.54, 1.807) is 0 Å². The molecular weight excluding hydrogens is 568 g/mol. The summed E-state index contributed by atoms with van der Waals surface area (Å²) in [5.41, 5.74) is 8.78. The van der Waals surface area contributed by atoms with Gasteiger partial charge in [0.15, 0.2) is 0 Å². The first-order valence-electron chi connectivity index (χ1n) is 15.5. The number of anilines is 6. The average Bonchev–Trinajstić information content (AvgIpc) is 3.11. The maximum Gasteiger partial charge on any atom is 0.302 e. The van der Waals surface area contributed by atoms with Crippen molar-refractivity contribution in [2.45, 2.75) is 13.3 Å². The van der Waals surface area contributed by atoms with Gasteiger partial charge in [0, 0.05) is 47.5 Å². The van der Waals surface area contributed by atoms with E-state index >= 15 is 0 Å². The highest BCUT2D eigenvalue weighted by molar-refractivity contribution is 5.80. The number of ether oxygens (including phenoxy) is 2. The van der Waals surface area contributed by atoms with Crippen molar-refractivity contribution in [1.29, 1.82) is 0 Å². The van der Waals surface area contributed by atoms with Gasteiger partial charge in [-0.3, -0.25) is 4.79 Å². The van der Waals surface area contributed by atoms with Crippen molar-refractivity contribution in [3.8, 4) is 16.9 Å². The summed E-state index contributed by atoms with van der Waals surface area (Å²) in [6, 6.07) is 56.7. The summed E-state index contributed by atoms with van der Waals surface area (Å²) < 4.78 is 10.8. The molecule has 6 aromatic carbocycles. The molecule has 6 aromatic rings. The Balaban J connectivity index is 1.21. The van der Waals surface area contributed by atoms with Crippen LogP contribution in [0.3, 0.4) is 0 Å². The van der Waals surface area contributed by atoms with Crippen molar-refractivity contribution in [2.75, 3.05) is 23.0 Å². The summed E-state index contributed by atoms with van der Waals surface area (Å²) in [6.07, 6.45) is 0.644. The molecule has 0 amide bonds. The van der Waals surface area contributed by atoms with E-state index in [0.717, 1.165) is 51.0 Å². The summed E-state index contributed by atoms with van der Waals surface area (Å²) in [6.45, 7) is 2.25. The fraction of sp³-hybridized carbons (Fsp3) is 0.0976. The second-order valence-electron chi connectivity index (χ2n) is 10.8. The van der Waals surface area contributed by atoms with Crippen LogP contribution in [0.2, 0.25) is 0 Å². The largest absolute Gasteiger partial charge is 0.493 e. The van der Waals surface area contributed by atoms with Crippen LogP contribution in [0.1, 0.15) is 13.3 Å². The summed E-state index contributed by atoms with van der Waals surface area (Å²) in [7, 11) is 0. The number of nitrogens with zero attached hydrogens (tertiary/aromatic N) is 2. The van der Waals surface area contributed by atoms with E-state index in [0.29, 0.717) is 19.6 Å². The molecule has 0 saturated carbocycles.